The van der Waals surface area contributed by atoms with Gasteiger partial charge in [-0.25, -0.2) is 4.98 Å². The van der Waals surface area contributed by atoms with Crippen LogP contribution in [0, 0.1) is 11.3 Å². The minimum absolute atomic E-state index is 0.0311. The van der Waals surface area contributed by atoms with Crippen LogP contribution in [-0.4, -0.2) is 59.3 Å². The zero-order valence-corrected chi connectivity index (χ0v) is 18.7. The van der Waals surface area contributed by atoms with Crippen molar-refractivity contribution >= 4 is 41.3 Å². The number of halogens is 1. The molecule has 1 aromatic heterocycles. The van der Waals surface area contributed by atoms with Gasteiger partial charge in [0.05, 0.1) is 5.02 Å². The van der Waals surface area contributed by atoms with E-state index in [9.17, 15) is 19.6 Å². The minimum Gasteiger partial charge on any atom is -0.463 e. The molecule has 14 heteroatoms. The predicted octanol–water partition coefficient (Wildman–Crippen LogP) is 2.53. The summed E-state index contributed by atoms with van der Waals surface area (Å²) in [5, 5.41) is 13.3. The van der Waals surface area contributed by atoms with Crippen molar-refractivity contribution in [3.8, 4) is 6.07 Å². The summed E-state index contributed by atoms with van der Waals surface area (Å²) in [6, 6.07) is 2.16. The van der Waals surface area contributed by atoms with Gasteiger partial charge in [0.2, 0.25) is 0 Å². The van der Waals surface area contributed by atoms with Crippen LogP contribution in [0.2, 0.25) is 5.02 Å². The van der Waals surface area contributed by atoms with Gasteiger partial charge in [-0.3, -0.25) is 14.4 Å². The molecule has 0 amide bonds. The second kappa shape index (κ2) is 11.5. The quantitative estimate of drug-likeness (QED) is 0.184. The fourth-order valence-corrected chi connectivity index (χ4v) is 4.32. The Kier molecular flexibility index (Phi) is 9.10. The van der Waals surface area contributed by atoms with Crippen LogP contribution < -0.4 is 0 Å². The van der Waals surface area contributed by atoms with E-state index in [0.29, 0.717) is 4.90 Å². The lowest BCUT2D eigenvalue weighted by molar-refractivity contribution is -0.201. The number of hydrogen-bond acceptors (Lipinski definition) is 11. The number of rotatable bonds is 7. The van der Waals surface area contributed by atoms with Crippen LogP contribution in [0.3, 0.4) is 0 Å². The van der Waals surface area contributed by atoms with Crippen LogP contribution in [0.4, 0.5) is 0 Å². The molecule has 0 bridgehead atoms. The van der Waals surface area contributed by atoms with Crippen molar-refractivity contribution in [3.63, 3.8) is 0 Å². The Bertz CT molecular complexity index is 981. The van der Waals surface area contributed by atoms with Crippen LogP contribution in [-0.2, 0) is 33.3 Å². The second-order valence-corrected chi connectivity index (χ2v) is 8.00. The molecule has 0 aliphatic carbocycles. The Balaban J connectivity index is 2.51. The molecule has 0 radical (unpaired) electrons. The van der Waals surface area contributed by atoms with E-state index >= 15 is 0 Å². The summed E-state index contributed by atoms with van der Waals surface area (Å²) in [6.07, 6.45) is -2.23. The predicted molar refractivity (Wildman–Crippen MR) is 109 cm³/mol. The highest BCUT2D eigenvalue weighted by molar-refractivity contribution is 7.99. The van der Waals surface area contributed by atoms with Crippen LogP contribution in [0.5, 0.6) is 0 Å². The van der Waals surface area contributed by atoms with Crippen molar-refractivity contribution in [3.05, 3.63) is 33.4 Å². The third-order valence-corrected chi connectivity index (χ3v) is 5.41. The molecule has 1 fully saturated rings. The number of hydrogen-bond donors (Lipinski definition) is 0. The third kappa shape index (κ3) is 6.73. The molecule has 1 aliphatic rings. The number of esters is 3. The molecule has 1 aromatic rings. The highest BCUT2D eigenvalue weighted by atomic mass is 35.5. The topological polar surface area (TPSA) is 174 Å². The summed E-state index contributed by atoms with van der Waals surface area (Å²) in [5.41, 5.74) is 8.07. The molecular weight excluding hydrogens is 466 g/mol. The Morgan fingerprint density at radius 1 is 1.28 bits per heavy atom. The molecule has 2 rings (SSSR count). The summed E-state index contributed by atoms with van der Waals surface area (Å²) < 4.78 is 21.6. The van der Waals surface area contributed by atoms with Gasteiger partial charge >= 0.3 is 17.9 Å². The van der Waals surface area contributed by atoms with Crippen molar-refractivity contribution in [2.24, 2.45) is 5.11 Å². The van der Waals surface area contributed by atoms with Gasteiger partial charge in [0.1, 0.15) is 42.5 Å². The van der Waals surface area contributed by atoms with Crippen molar-refractivity contribution in [1.82, 2.24) is 4.98 Å². The smallest absolute Gasteiger partial charge is 0.303 e. The zero-order chi connectivity index (χ0) is 23.8. The van der Waals surface area contributed by atoms with E-state index in [0.717, 1.165) is 25.6 Å². The van der Waals surface area contributed by atoms with Crippen LogP contribution in [0.25, 0.3) is 10.4 Å². The molecule has 0 spiro atoms. The first kappa shape index (κ1) is 25.2. The van der Waals surface area contributed by atoms with Gasteiger partial charge in [0, 0.05) is 36.8 Å². The average Bonchev–Trinajstić information content (AvgIpc) is 2.70. The number of thioether (sulfide) groups is 1. The first-order chi connectivity index (χ1) is 15.2. The average molecular weight is 484 g/mol. The molecule has 170 valence electrons. The molecule has 5 atom stereocenters. The lowest BCUT2D eigenvalue weighted by Crippen LogP contribution is -2.59. The molecule has 0 saturated carbocycles. The molecule has 1 aliphatic heterocycles. The fraction of sp³-hybridized carbons (Fsp3) is 0.500. The van der Waals surface area contributed by atoms with Crippen molar-refractivity contribution < 1.29 is 33.3 Å². The van der Waals surface area contributed by atoms with E-state index < -0.39 is 47.7 Å². The minimum atomic E-state index is -1.23. The Labute approximate surface area is 191 Å². The first-order valence-corrected chi connectivity index (χ1v) is 10.3. The number of azide groups is 1. The Morgan fingerprint density at radius 3 is 2.50 bits per heavy atom. The summed E-state index contributed by atoms with van der Waals surface area (Å²) in [5.74, 6) is -2.05. The number of pyridine rings is 1. The molecule has 1 saturated heterocycles. The number of nitrogens with zero attached hydrogens (tertiary/aromatic N) is 5. The standard InChI is InChI=1S/C18H18ClN5O7S/c1-8(25)28-7-13-16(29-9(2)26)15(23-24-21)17(30-10(3)27)18(31-13)32-14-4-11(19)6-22-12(14)5-20/h4,6,13,15-18H,7H2,1-3H3/t13?,15?,16-,17-,18+/m0/s1. The van der Waals surface area contributed by atoms with Gasteiger partial charge in [-0.05, 0) is 11.6 Å². The molecule has 2 unspecified atom stereocenters. The van der Waals surface area contributed by atoms with Crippen molar-refractivity contribution in [1.29, 1.82) is 5.26 Å². The second-order valence-electron chi connectivity index (χ2n) is 6.42. The number of carbonyl (C=O) groups is 3. The summed E-state index contributed by atoms with van der Waals surface area (Å²) in [4.78, 5) is 41.8. The van der Waals surface area contributed by atoms with E-state index in [2.05, 4.69) is 15.0 Å². The summed E-state index contributed by atoms with van der Waals surface area (Å²) in [7, 11) is 0. The van der Waals surface area contributed by atoms with Crippen molar-refractivity contribution in [2.45, 2.75) is 55.5 Å². The highest BCUT2D eigenvalue weighted by Gasteiger charge is 2.50. The molecule has 2 heterocycles. The van der Waals surface area contributed by atoms with E-state index in [1.807, 2.05) is 6.07 Å². The normalized spacial score (nSPS) is 24.4. The SMILES string of the molecule is CC(=O)OCC1O[C@H](Sc2cc(Cl)cnc2C#N)[C@@H](OC(C)=O)C(N=[N+]=[N-])[C@H]1OC(C)=O. The maximum Gasteiger partial charge on any atom is 0.303 e. The van der Waals surface area contributed by atoms with Crippen LogP contribution >= 0.6 is 23.4 Å². The first-order valence-electron chi connectivity index (χ1n) is 9.06. The van der Waals surface area contributed by atoms with E-state index in [1.54, 1.807) is 0 Å². The van der Waals surface area contributed by atoms with Crippen molar-refractivity contribution in [2.75, 3.05) is 6.61 Å². The summed E-state index contributed by atoms with van der Waals surface area (Å²) >= 11 is 6.93. The number of carbonyl (C=O) groups excluding carboxylic acids is 3. The largest absolute Gasteiger partial charge is 0.463 e. The van der Waals surface area contributed by atoms with Gasteiger partial charge in [-0.15, -0.1) is 0 Å². The maximum absolute atomic E-state index is 11.8. The monoisotopic (exact) mass is 483 g/mol. The molecule has 12 nitrogen and oxygen atoms in total. The van der Waals surface area contributed by atoms with E-state index in [4.69, 9.17) is 36.1 Å². The lowest BCUT2D eigenvalue weighted by atomic mass is 9.97. The van der Waals surface area contributed by atoms with Crippen LogP contribution in [0.1, 0.15) is 26.5 Å². The van der Waals surface area contributed by atoms with Gasteiger partial charge in [0.15, 0.2) is 5.69 Å². The summed E-state index contributed by atoms with van der Waals surface area (Å²) in [6.45, 7) is 3.11. The van der Waals surface area contributed by atoms with Crippen LogP contribution in [0.15, 0.2) is 22.3 Å². The van der Waals surface area contributed by atoms with Gasteiger partial charge < -0.3 is 18.9 Å². The molecule has 0 N–H and O–H groups in total. The van der Waals surface area contributed by atoms with E-state index in [-0.39, 0.29) is 17.3 Å². The van der Waals surface area contributed by atoms with Gasteiger partial charge in [-0.2, -0.15) is 5.26 Å². The molecular formula is C18H18ClN5O7S. The molecule has 0 aromatic carbocycles. The Morgan fingerprint density at radius 2 is 1.94 bits per heavy atom. The lowest BCUT2D eigenvalue weighted by Gasteiger charge is -2.43. The highest BCUT2D eigenvalue weighted by Crippen LogP contribution is 2.39. The maximum atomic E-state index is 11.8. The van der Waals surface area contributed by atoms with Gasteiger partial charge in [-0.1, -0.05) is 28.5 Å². The third-order valence-electron chi connectivity index (χ3n) is 4.03. The number of aromatic nitrogens is 1. The Hall–Kier alpha value is -3.04. The number of ether oxygens (including phenoxy) is 4. The van der Waals surface area contributed by atoms with E-state index in [1.165, 1.54) is 19.2 Å². The fourth-order valence-electron chi connectivity index (χ4n) is 2.89. The molecule has 32 heavy (non-hydrogen) atoms. The van der Waals surface area contributed by atoms with Gasteiger partial charge in [0.25, 0.3) is 0 Å². The number of nitriles is 1. The zero-order valence-electron chi connectivity index (χ0n) is 17.1.